The van der Waals surface area contributed by atoms with Crippen molar-refractivity contribution in [3.05, 3.63) is 45.6 Å². The molecule has 0 saturated carbocycles. The summed E-state index contributed by atoms with van der Waals surface area (Å²) in [5.74, 6) is -0.175. The lowest BCUT2D eigenvalue weighted by Gasteiger charge is -2.33. The molecule has 2 aromatic rings. The van der Waals surface area contributed by atoms with E-state index in [1.165, 1.54) is 6.07 Å². The number of alkyl halides is 3. The van der Waals surface area contributed by atoms with Crippen LogP contribution in [-0.4, -0.2) is 39.4 Å². The van der Waals surface area contributed by atoms with Gasteiger partial charge in [-0.3, -0.25) is 4.79 Å². The van der Waals surface area contributed by atoms with Crippen LogP contribution in [0.4, 0.5) is 19.0 Å². The summed E-state index contributed by atoms with van der Waals surface area (Å²) in [4.78, 5) is 14.6. The number of carbonyl (C=O) groups excluding carboxylic acids is 1. The molecule has 3 heterocycles. The number of benzene rings is 1. The molecule has 10 heteroatoms. The van der Waals surface area contributed by atoms with E-state index >= 15 is 0 Å². The molecule has 2 aliphatic heterocycles. The van der Waals surface area contributed by atoms with E-state index in [1.807, 2.05) is 6.92 Å². The van der Waals surface area contributed by atoms with Gasteiger partial charge in [0, 0.05) is 25.1 Å². The Kier molecular flexibility index (Phi) is 5.66. The van der Waals surface area contributed by atoms with E-state index in [9.17, 15) is 18.0 Å². The lowest BCUT2D eigenvalue weighted by atomic mass is 9.97. The van der Waals surface area contributed by atoms with E-state index in [1.54, 1.807) is 23.1 Å². The molecule has 1 aromatic heterocycles. The van der Waals surface area contributed by atoms with Crippen LogP contribution in [0, 0.1) is 0 Å². The average Bonchev–Trinajstić information content (AvgIpc) is 3.12. The van der Waals surface area contributed by atoms with Crippen LogP contribution in [0.3, 0.4) is 0 Å². The Morgan fingerprint density at radius 3 is 2.63 bits per heavy atom. The van der Waals surface area contributed by atoms with Crippen LogP contribution < -0.4 is 5.32 Å². The number of nitrogens with one attached hydrogen (secondary N) is 1. The standard InChI is InChI=1S/C20H21Cl2F3N4O/c1-11-4-2-3-7-28(11)19(30)16-10-18-26-15(12-5-6-13(21)14(22)8-12)9-17(20(23,24)25)29(18)27-16/h5-6,8,10-11,15,17,26H,2-4,7,9H2,1H3/t11-,15+,17+/m1/s1. The van der Waals surface area contributed by atoms with Gasteiger partial charge < -0.3 is 10.2 Å². The fourth-order valence-corrected chi connectivity index (χ4v) is 4.48. The van der Waals surface area contributed by atoms with Crippen molar-refractivity contribution in [2.45, 2.75) is 56.9 Å². The van der Waals surface area contributed by atoms with Crippen molar-refractivity contribution >= 4 is 34.9 Å². The minimum atomic E-state index is -4.52. The van der Waals surface area contributed by atoms with Gasteiger partial charge in [-0.1, -0.05) is 29.3 Å². The van der Waals surface area contributed by atoms with Crippen molar-refractivity contribution in [2.75, 3.05) is 11.9 Å². The van der Waals surface area contributed by atoms with Gasteiger partial charge in [-0.15, -0.1) is 0 Å². The number of aromatic nitrogens is 2. The summed E-state index contributed by atoms with van der Waals surface area (Å²) >= 11 is 12.0. The number of hydrogen-bond acceptors (Lipinski definition) is 3. The molecule has 5 nitrogen and oxygen atoms in total. The number of halogens is 5. The Bertz CT molecular complexity index is 962. The largest absolute Gasteiger partial charge is 0.410 e. The minimum absolute atomic E-state index is 0.0234. The highest BCUT2D eigenvalue weighted by Gasteiger charge is 2.47. The second kappa shape index (κ2) is 7.96. The van der Waals surface area contributed by atoms with Crippen molar-refractivity contribution in [3.63, 3.8) is 0 Å². The number of carbonyl (C=O) groups is 1. The summed E-state index contributed by atoms with van der Waals surface area (Å²) in [5.41, 5.74) is 0.610. The zero-order valence-electron chi connectivity index (χ0n) is 16.2. The number of piperidine rings is 1. The van der Waals surface area contributed by atoms with Gasteiger partial charge in [0.05, 0.1) is 16.1 Å². The molecule has 0 spiro atoms. The third-order valence-corrected chi connectivity index (χ3v) is 6.56. The van der Waals surface area contributed by atoms with Crippen LogP contribution >= 0.6 is 23.2 Å². The molecule has 0 bridgehead atoms. The molecule has 1 saturated heterocycles. The molecule has 3 atom stereocenters. The molecule has 30 heavy (non-hydrogen) atoms. The fraction of sp³-hybridized carbons (Fsp3) is 0.500. The van der Waals surface area contributed by atoms with Crippen LogP contribution in [0.5, 0.6) is 0 Å². The van der Waals surface area contributed by atoms with Gasteiger partial charge >= 0.3 is 6.18 Å². The molecule has 1 fully saturated rings. The topological polar surface area (TPSA) is 50.2 Å². The van der Waals surface area contributed by atoms with Crippen LogP contribution in [0.15, 0.2) is 24.3 Å². The highest BCUT2D eigenvalue weighted by Crippen LogP contribution is 2.44. The zero-order chi connectivity index (χ0) is 21.6. The normalized spacial score (nSPS) is 24.3. The number of fused-ring (bicyclic) bond motifs is 1. The number of rotatable bonds is 2. The summed E-state index contributed by atoms with van der Waals surface area (Å²) in [6.07, 6.45) is -2.00. The summed E-state index contributed by atoms with van der Waals surface area (Å²) < 4.78 is 42.4. The predicted molar refractivity (Wildman–Crippen MR) is 109 cm³/mol. The van der Waals surface area contributed by atoms with Gasteiger partial charge in [0.15, 0.2) is 11.7 Å². The second-order valence-electron chi connectivity index (χ2n) is 7.87. The van der Waals surface area contributed by atoms with Crippen molar-refractivity contribution in [2.24, 2.45) is 0 Å². The van der Waals surface area contributed by atoms with Gasteiger partial charge in [0.1, 0.15) is 5.82 Å². The van der Waals surface area contributed by atoms with Gasteiger partial charge in [0.25, 0.3) is 5.91 Å². The van der Waals surface area contributed by atoms with E-state index in [-0.39, 0.29) is 34.9 Å². The number of anilines is 1. The van der Waals surface area contributed by atoms with E-state index in [4.69, 9.17) is 23.2 Å². The van der Waals surface area contributed by atoms with Crippen LogP contribution in [-0.2, 0) is 0 Å². The fourth-order valence-electron chi connectivity index (χ4n) is 4.17. The summed E-state index contributed by atoms with van der Waals surface area (Å²) in [5, 5.41) is 7.75. The van der Waals surface area contributed by atoms with Crippen LogP contribution in [0.2, 0.25) is 10.0 Å². The third kappa shape index (κ3) is 3.99. The monoisotopic (exact) mass is 460 g/mol. The molecule has 0 aliphatic carbocycles. The summed E-state index contributed by atoms with van der Waals surface area (Å²) in [6.45, 7) is 2.54. The summed E-state index contributed by atoms with van der Waals surface area (Å²) in [6, 6.07) is 3.71. The maximum absolute atomic E-state index is 13.8. The second-order valence-corrected chi connectivity index (χ2v) is 8.68. The first kappa shape index (κ1) is 21.3. The molecule has 2 aliphatic rings. The van der Waals surface area contributed by atoms with Crippen molar-refractivity contribution < 1.29 is 18.0 Å². The molecule has 1 N–H and O–H groups in total. The minimum Gasteiger partial charge on any atom is -0.363 e. The highest BCUT2D eigenvalue weighted by molar-refractivity contribution is 6.42. The van der Waals surface area contributed by atoms with E-state index in [0.717, 1.165) is 23.9 Å². The molecule has 0 unspecified atom stereocenters. The number of likely N-dealkylation sites (tertiary alicyclic amines) is 1. The Hall–Kier alpha value is -1.93. The van der Waals surface area contributed by atoms with Gasteiger partial charge in [-0.05, 0) is 43.9 Å². The molecule has 1 aromatic carbocycles. The molecule has 162 valence electrons. The zero-order valence-corrected chi connectivity index (χ0v) is 17.7. The smallest absolute Gasteiger partial charge is 0.363 e. The highest BCUT2D eigenvalue weighted by atomic mass is 35.5. The lowest BCUT2D eigenvalue weighted by molar-refractivity contribution is -0.173. The molecular weight excluding hydrogens is 440 g/mol. The van der Waals surface area contributed by atoms with Gasteiger partial charge in [-0.25, -0.2) is 4.68 Å². The Morgan fingerprint density at radius 2 is 1.97 bits per heavy atom. The van der Waals surface area contributed by atoms with E-state index < -0.39 is 18.3 Å². The first-order valence-electron chi connectivity index (χ1n) is 9.84. The van der Waals surface area contributed by atoms with E-state index in [2.05, 4.69) is 10.4 Å². The van der Waals surface area contributed by atoms with Gasteiger partial charge in [0.2, 0.25) is 0 Å². The average molecular weight is 461 g/mol. The summed E-state index contributed by atoms with van der Waals surface area (Å²) in [7, 11) is 0. The quantitative estimate of drug-likeness (QED) is 0.609. The molecule has 4 rings (SSSR count). The first-order valence-corrected chi connectivity index (χ1v) is 10.6. The predicted octanol–water partition coefficient (Wildman–Crippen LogP) is 5.86. The maximum atomic E-state index is 13.8. The van der Waals surface area contributed by atoms with Crippen LogP contribution in [0.25, 0.3) is 0 Å². The SMILES string of the molecule is C[C@@H]1CCCCN1C(=O)c1cc2n(n1)[C@H](C(F)(F)F)C[C@@H](c1ccc(Cl)c(Cl)c1)N2. The molecule has 0 radical (unpaired) electrons. The lowest BCUT2D eigenvalue weighted by Crippen LogP contribution is -2.42. The first-order chi connectivity index (χ1) is 14.1. The number of nitrogens with zero attached hydrogens (tertiary/aromatic N) is 3. The number of amides is 1. The molecular formula is C20H21Cl2F3N4O. The number of hydrogen-bond donors (Lipinski definition) is 1. The Labute approximate surface area is 182 Å². The Morgan fingerprint density at radius 1 is 1.20 bits per heavy atom. The van der Waals surface area contributed by atoms with Crippen molar-refractivity contribution in [1.29, 1.82) is 0 Å². The maximum Gasteiger partial charge on any atom is 0.410 e. The van der Waals surface area contributed by atoms with E-state index in [0.29, 0.717) is 17.1 Å². The van der Waals surface area contributed by atoms with Crippen molar-refractivity contribution in [1.82, 2.24) is 14.7 Å². The third-order valence-electron chi connectivity index (χ3n) is 5.82. The van der Waals surface area contributed by atoms with Crippen LogP contribution in [0.1, 0.15) is 60.7 Å². The van der Waals surface area contributed by atoms with Crippen molar-refractivity contribution in [3.8, 4) is 0 Å². The Balaban J connectivity index is 1.68. The molecule has 1 amide bonds. The van der Waals surface area contributed by atoms with Gasteiger partial charge in [-0.2, -0.15) is 18.3 Å².